The van der Waals surface area contributed by atoms with Crippen LogP contribution in [0.2, 0.25) is 0 Å². The van der Waals surface area contributed by atoms with Crippen LogP contribution in [0.4, 0.5) is 0 Å². The van der Waals surface area contributed by atoms with Crippen LogP contribution in [0.1, 0.15) is 40.9 Å². The topological polar surface area (TPSA) is 65.2 Å². The average Bonchev–Trinajstić information content (AvgIpc) is 2.84. The van der Waals surface area contributed by atoms with Gasteiger partial charge in [-0.3, -0.25) is 9.59 Å². The first-order valence-corrected chi connectivity index (χ1v) is 7.38. The lowest BCUT2D eigenvalue weighted by molar-refractivity contribution is 0.0911. The van der Waals surface area contributed by atoms with Gasteiger partial charge in [-0.25, -0.2) is 0 Å². The van der Waals surface area contributed by atoms with E-state index in [1.54, 1.807) is 6.07 Å². The third-order valence-electron chi connectivity index (χ3n) is 4.29. The molecule has 1 aliphatic carbocycles. The first kappa shape index (κ1) is 13.4. The summed E-state index contributed by atoms with van der Waals surface area (Å²) in [5, 5.41) is 3.00. The first-order valence-electron chi connectivity index (χ1n) is 7.38. The molecule has 1 amide bonds. The minimum atomic E-state index is -0.257. The highest BCUT2D eigenvalue weighted by Gasteiger charge is 2.22. The van der Waals surface area contributed by atoms with Gasteiger partial charge in [0, 0.05) is 18.3 Å². The summed E-state index contributed by atoms with van der Waals surface area (Å²) in [6, 6.07) is 1.93. The third kappa shape index (κ3) is 2.63. The Morgan fingerprint density at radius 3 is 3.05 bits per heavy atom. The van der Waals surface area contributed by atoms with E-state index < -0.39 is 0 Å². The summed E-state index contributed by atoms with van der Waals surface area (Å²) < 4.78 is 0. The number of H-pyrrole nitrogens is 1. The normalized spacial score (nSPS) is 22.6. The number of likely N-dealkylation sites (N-methyl/N-ethyl adjacent to an activating group) is 1. The van der Waals surface area contributed by atoms with Crippen LogP contribution < -0.4 is 10.9 Å². The van der Waals surface area contributed by atoms with Gasteiger partial charge in [0.1, 0.15) is 5.56 Å². The molecular weight excluding hydrogens is 254 g/mol. The molecule has 5 nitrogen and oxygen atoms in total. The van der Waals surface area contributed by atoms with E-state index in [4.69, 9.17) is 0 Å². The smallest absolute Gasteiger partial charge is 0.261 e. The second-order valence-electron chi connectivity index (χ2n) is 5.94. The quantitative estimate of drug-likeness (QED) is 0.834. The number of nitrogens with zero attached hydrogens (tertiary/aromatic N) is 1. The maximum Gasteiger partial charge on any atom is 0.261 e. The predicted molar refractivity (Wildman–Crippen MR) is 77.1 cm³/mol. The van der Waals surface area contributed by atoms with Gasteiger partial charge < -0.3 is 15.2 Å². The maximum atomic E-state index is 12.3. The SMILES string of the molecule is CN1CCC[C@@H](NC(=O)c2cc3c([nH]c2=O)CCC3)C1. The van der Waals surface area contributed by atoms with Crippen LogP contribution in [0.3, 0.4) is 0 Å². The van der Waals surface area contributed by atoms with Gasteiger partial charge >= 0.3 is 0 Å². The van der Waals surface area contributed by atoms with E-state index in [0.717, 1.165) is 56.5 Å². The van der Waals surface area contributed by atoms with Crippen molar-refractivity contribution in [3.63, 3.8) is 0 Å². The van der Waals surface area contributed by atoms with Crippen molar-refractivity contribution in [2.45, 2.75) is 38.1 Å². The number of piperidine rings is 1. The Balaban J connectivity index is 1.75. The van der Waals surface area contributed by atoms with Crippen LogP contribution in [0.25, 0.3) is 0 Å². The van der Waals surface area contributed by atoms with Gasteiger partial charge in [0.25, 0.3) is 11.5 Å². The van der Waals surface area contributed by atoms with Crippen LogP contribution in [0.15, 0.2) is 10.9 Å². The van der Waals surface area contributed by atoms with Crippen LogP contribution in [-0.2, 0) is 12.8 Å². The molecule has 108 valence electrons. The van der Waals surface area contributed by atoms with Crippen molar-refractivity contribution in [3.05, 3.63) is 33.2 Å². The van der Waals surface area contributed by atoms with Gasteiger partial charge in [0.05, 0.1) is 0 Å². The number of nitrogens with one attached hydrogen (secondary N) is 2. The molecule has 20 heavy (non-hydrogen) atoms. The number of pyridine rings is 1. The fourth-order valence-electron chi connectivity index (χ4n) is 3.23. The molecule has 0 saturated carbocycles. The van der Waals surface area contributed by atoms with Crippen LogP contribution in [-0.4, -0.2) is 42.0 Å². The zero-order chi connectivity index (χ0) is 14.1. The Kier molecular flexibility index (Phi) is 3.61. The number of fused-ring (bicyclic) bond motifs is 1. The highest BCUT2D eigenvalue weighted by Crippen LogP contribution is 2.19. The molecule has 2 aliphatic rings. The number of hydrogen-bond acceptors (Lipinski definition) is 3. The molecule has 1 saturated heterocycles. The van der Waals surface area contributed by atoms with Crippen molar-refractivity contribution in [1.82, 2.24) is 15.2 Å². The summed E-state index contributed by atoms with van der Waals surface area (Å²) in [4.78, 5) is 29.4. The average molecular weight is 275 g/mol. The van der Waals surface area contributed by atoms with E-state index in [1.807, 2.05) is 0 Å². The van der Waals surface area contributed by atoms with E-state index in [-0.39, 0.29) is 23.1 Å². The molecule has 0 aromatic carbocycles. The van der Waals surface area contributed by atoms with Gasteiger partial charge in [-0.05, 0) is 57.3 Å². The Bertz CT molecular complexity index is 579. The Labute approximate surface area is 118 Å². The molecule has 0 unspecified atom stereocenters. The van der Waals surface area contributed by atoms with Crippen molar-refractivity contribution < 1.29 is 4.79 Å². The summed E-state index contributed by atoms with van der Waals surface area (Å²) >= 11 is 0. The molecule has 2 N–H and O–H groups in total. The molecular formula is C15H21N3O2. The summed E-state index contributed by atoms with van der Waals surface area (Å²) in [6.45, 7) is 1.93. The molecule has 3 rings (SSSR count). The molecule has 1 fully saturated rings. The van der Waals surface area contributed by atoms with E-state index in [1.165, 1.54) is 0 Å². The van der Waals surface area contributed by atoms with E-state index in [0.29, 0.717) is 0 Å². The largest absolute Gasteiger partial charge is 0.348 e. The number of aromatic nitrogens is 1. The number of aromatic amines is 1. The van der Waals surface area contributed by atoms with Crippen LogP contribution >= 0.6 is 0 Å². The molecule has 1 atom stereocenters. The lowest BCUT2D eigenvalue weighted by atomic mass is 10.1. The van der Waals surface area contributed by atoms with E-state index >= 15 is 0 Å². The number of carbonyl (C=O) groups is 1. The Morgan fingerprint density at radius 2 is 2.25 bits per heavy atom. The van der Waals surface area contributed by atoms with Gasteiger partial charge in [0.15, 0.2) is 0 Å². The highest BCUT2D eigenvalue weighted by molar-refractivity contribution is 5.94. The lowest BCUT2D eigenvalue weighted by Gasteiger charge is -2.30. The zero-order valence-corrected chi connectivity index (χ0v) is 11.9. The molecule has 5 heteroatoms. The Morgan fingerprint density at radius 1 is 1.40 bits per heavy atom. The lowest BCUT2D eigenvalue weighted by Crippen LogP contribution is -2.47. The second kappa shape index (κ2) is 5.40. The van der Waals surface area contributed by atoms with Crippen LogP contribution in [0.5, 0.6) is 0 Å². The number of carbonyl (C=O) groups excluding carboxylic acids is 1. The summed E-state index contributed by atoms with van der Waals surface area (Å²) in [5.41, 5.74) is 2.13. The van der Waals surface area contributed by atoms with Gasteiger partial charge in [-0.1, -0.05) is 0 Å². The summed E-state index contributed by atoms with van der Waals surface area (Å²) in [6.07, 6.45) is 5.00. The van der Waals surface area contributed by atoms with Crippen molar-refractivity contribution in [2.75, 3.05) is 20.1 Å². The van der Waals surface area contributed by atoms with Crippen molar-refractivity contribution >= 4 is 5.91 Å². The molecule has 1 aliphatic heterocycles. The number of aryl methyl sites for hydroxylation is 2. The van der Waals surface area contributed by atoms with Gasteiger partial charge in [0.2, 0.25) is 0 Å². The fourth-order valence-corrected chi connectivity index (χ4v) is 3.23. The van der Waals surface area contributed by atoms with Gasteiger partial charge in [-0.2, -0.15) is 0 Å². The standard InChI is InChI=1S/C15H21N3O2/c1-18-7-3-5-11(9-18)16-14(19)12-8-10-4-2-6-13(10)17-15(12)20/h8,11H,2-7,9H2,1H3,(H,16,19)(H,17,20)/t11-/m1/s1. The van der Waals surface area contributed by atoms with Crippen LogP contribution in [0, 0.1) is 0 Å². The van der Waals surface area contributed by atoms with E-state index in [9.17, 15) is 9.59 Å². The number of hydrogen-bond donors (Lipinski definition) is 2. The Hall–Kier alpha value is -1.62. The third-order valence-corrected chi connectivity index (χ3v) is 4.29. The first-order chi connectivity index (χ1) is 9.63. The fraction of sp³-hybridized carbons (Fsp3) is 0.600. The van der Waals surface area contributed by atoms with Gasteiger partial charge in [-0.15, -0.1) is 0 Å². The molecule has 0 bridgehead atoms. The molecule has 2 heterocycles. The zero-order valence-electron chi connectivity index (χ0n) is 11.9. The minimum absolute atomic E-state index is 0.147. The van der Waals surface area contributed by atoms with E-state index in [2.05, 4.69) is 22.2 Å². The molecule has 0 spiro atoms. The van der Waals surface area contributed by atoms with Crippen molar-refractivity contribution in [1.29, 1.82) is 0 Å². The van der Waals surface area contributed by atoms with Crippen molar-refractivity contribution in [2.24, 2.45) is 0 Å². The predicted octanol–water partition coefficient (Wildman–Crippen LogP) is 0.688. The monoisotopic (exact) mass is 275 g/mol. The minimum Gasteiger partial charge on any atom is -0.348 e. The number of rotatable bonds is 2. The molecule has 1 aromatic rings. The highest BCUT2D eigenvalue weighted by atomic mass is 16.2. The number of amides is 1. The second-order valence-corrected chi connectivity index (χ2v) is 5.94. The summed E-state index contributed by atoms with van der Waals surface area (Å²) in [5.74, 6) is -0.235. The van der Waals surface area contributed by atoms with Crippen molar-refractivity contribution in [3.8, 4) is 0 Å². The number of likely N-dealkylation sites (tertiary alicyclic amines) is 1. The summed E-state index contributed by atoms with van der Waals surface area (Å²) in [7, 11) is 2.06. The molecule has 0 radical (unpaired) electrons. The maximum absolute atomic E-state index is 12.3. The molecule has 1 aromatic heterocycles.